The third kappa shape index (κ3) is 6.53. The van der Waals surface area contributed by atoms with Crippen LogP contribution < -0.4 is 10.6 Å². The van der Waals surface area contributed by atoms with E-state index in [1.165, 1.54) is 61.0 Å². The van der Waals surface area contributed by atoms with Gasteiger partial charge in [-0.3, -0.25) is 4.79 Å². The Bertz CT molecular complexity index is 1080. The van der Waals surface area contributed by atoms with Crippen LogP contribution in [0.5, 0.6) is 0 Å². The molecule has 1 amide bonds. The molecule has 0 saturated carbocycles. The zero-order valence-corrected chi connectivity index (χ0v) is 19.7. The van der Waals surface area contributed by atoms with Crippen molar-refractivity contribution >= 4 is 39.2 Å². The number of methoxy groups -OCH3 is 2. The van der Waals surface area contributed by atoms with Crippen LogP contribution in [0, 0.1) is 0 Å². The molecule has 0 radical (unpaired) electrons. The number of hydrogen-bond acceptors (Lipinski definition) is 8. The highest BCUT2D eigenvalue weighted by Gasteiger charge is 2.21. The Hall–Kier alpha value is -3.44. The van der Waals surface area contributed by atoms with Gasteiger partial charge in [-0.2, -0.15) is 4.31 Å². The number of ether oxygens (including phenoxy) is 2. The average Bonchev–Trinajstić information content (AvgIpc) is 2.82. The fourth-order valence-corrected chi connectivity index (χ4v) is 4.47. The van der Waals surface area contributed by atoms with Crippen LogP contribution in [0.4, 0.5) is 11.4 Å². The molecule has 2 aromatic rings. The SMILES string of the molecule is CCN(CC)S(=O)(=O)c1ccc(NC(=O)CNc2cc(C(=O)OC)cc(C(=O)OC)c2)cc1. The predicted octanol–water partition coefficient (Wildman–Crippen LogP) is 2.34. The Morgan fingerprint density at radius 3 is 1.82 bits per heavy atom. The number of carbonyl (C=O) groups is 3. The van der Waals surface area contributed by atoms with Crippen molar-refractivity contribution in [2.45, 2.75) is 18.7 Å². The molecule has 33 heavy (non-hydrogen) atoms. The monoisotopic (exact) mass is 477 g/mol. The van der Waals surface area contributed by atoms with Gasteiger partial charge < -0.3 is 20.1 Å². The number of carbonyl (C=O) groups excluding carboxylic acids is 3. The Balaban J connectivity index is 2.08. The van der Waals surface area contributed by atoms with Gasteiger partial charge >= 0.3 is 11.9 Å². The number of esters is 2. The molecule has 0 saturated heterocycles. The van der Waals surface area contributed by atoms with E-state index in [1.54, 1.807) is 13.8 Å². The molecule has 0 aliphatic rings. The van der Waals surface area contributed by atoms with Crippen molar-refractivity contribution in [3.8, 4) is 0 Å². The van der Waals surface area contributed by atoms with Crippen LogP contribution >= 0.6 is 0 Å². The molecule has 178 valence electrons. The lowest BCUT2D eigenvalue weighted by Gasteiger charge is -2.18. The van der Waals surface area contributed by atoms with Crippen molar-refractivity contribution < 1.29 is 32.3 Å². The summed E-state index contributed by atoms with van der Waals surface area (Å²) >= 11 is 0. The molecule has 2 rings (SSSR count). The van der Waals surface area contributed by atoms with E-state index >= 15 is 0 Å². The number of anilines is 2. The van der Waals surface area contributed by atoms with Crippen molar-refractivity contribution in [1.82, 2.24) is 4.31 Å². The van der Waals surface area contributed by atoms with Gasteiger partial charge in [0, 0.05) is 24.5 Å². The molecular weight excluding hydrogens is 450 g/mol. The number of amides is 1. The Morgan fingerprint density at radius 2 is 1.36 bits per heavy atom. The lowest BCUT2D eigenvalue weighted by molar-refractivity contribution is -0.114. The van der Waals surface area contributed by atoms with Crippen LogP contribution in [-0.2, 0) is 24.3 Å². The van der Waals surface area contributed by atoms with Gasteiger partial charge in [-0.15, -0.1) is 0 Å². The van der Waals surface area contributed by atoms with Crippen LogP contribution in [0.2, 0.25) is 0 Å². The van der Waals surface area contributed by atoms with Crippen LogP contribution in [0.1, 0.15) is 34.6 Å². The Labute approximate surface area is 192 Å². The number of hydrogen-bond donors (Lipinski definition) is 2. The first kappa shape index (κ1) is 25.8. The van der Waals surface area contributed by atoms with E-state index in [1.807, 2.05) is 0 Å². The van der Waals surface area contributed by atoms with Crippen molar-refractivity contribution in [3.63, 3.8) is 0 Å². The van der Waals surface area contributed by atoms with Gasteiger partial charge in [-0.05, 0) is 42.5 Å². The van der Waals surface area contributed by atoms with Crippen molar-refractivity contribution in [2.24, 2.45) is 0 Å². The molecular formula is C22H27N3O7S. The quantitative estimate of drug-likeness (QED) is 0.499. The summed E-state index contributed by atoms with van der Waals surface area (Å²) in [7, 11) is -1.16. The highest BCUT2D eigenvalue weighted by atomic mass is 32.2. The number of sulfonamides is 1. The van der Waals surface area contributed by atoms with Crippen LogP contribution in [0.25, 0.3) is 0 Å². The Morgan fingerprint density at radius 1 is 0.848 bits per heavy atom. The molecule has 0 bridgehead atoms. The fraction of sp³-hybridized carbons (Fsp3) is 0.318. The number of nitrogens with zero attached hydrogens (tertiary/aromatic N) is 1. The van der Waals surface area contributed by atoms with E-state index in [0.29, 0.717) is 24.5 Å². The van der Waals surface area contributed by atoms with Gasteiger partial charge in [-0.25, -0.2) is 18.0 Å². The lowest BCUT2D eigenvalue weighted by Crippen LogP contribution is -2.30. The van der Waals surface area contributed by atoms with E-state index in [-0.39, 0.29) is 22.6 Å². The van der Waals surface area contributed by atoms with Crippen molar-refractivity contribution in [3.05, 3.63) is 53.6 Å². The second-order valence-electron chi connectivity index (χ2n) is 6.80. The minimum atomic E-state index is -3.59. The van der Waals surface area contributed by atoms with E-state index in [9.17, 15) is 22.8 Å². The third-order valence-electron chi connectivity index (χ3n) is 4.71. The second-order valence-corrected chi connectivity index (χ2v) is 8.74. The number of rotatable bonds is 10. The molecule has 11 heteroatoms. The average molecular weight is 478 g/mol. The largest absolute Gasteiger partial charge is 0.465 e. The summed E-state index contributed by atoms with van der Waals surface area (Å²) in [5.41, 5.74) is 0.995. The van der Waals surface area contributed by atoms with E-state index in [4.69, 9.17) is 0 Å². The molecule has 0 atom stereocenters. The first-order valence-electron chi connectivity index (χ1n) is 10.1. The molecule has 2 N–H and O–H groups in total. The predicted molar refractivity (Wildman–Crippen MR) is 123 cm³/mol. The molecule has 10 nitrogen and oxygen atoms in total. The fourth-order valence-electron chi connectivity index (χ4n) is 3.01. The maximum Gasteiger partial charge on any atom is 0.337 e. The van der Waals surface area contributed by atoms with Gasteiger partial charge in [-0.1, -0.05) is 13.8 Å². The van der Waals surface area contributed by atoms with Crippen molar-refractivity contribution in [1.29, 1.82) is 0 Å². The summed E-state index contributed by atoms with van der Waals surface area (Å²) in [4.78, 5) is 36.2. The van der Waals surface area contributed by atoms with Gasteiger partial charge in [0.2, 0.25) is 15.9 Å². The molecule has 0 aliphatic heterocycles. The molecule has 0 unspecified atom stereocenters. The summed E-state index contributed by atoms with van der Waals surface area (Å²) in [6, 6.07) is 10.1. The second kappa shape index (κ2) is 11.4. The molecule has 0 fully saturated rings. The summed E-state index contributed by atoms with van der Waals surface area (Å²) in [6.45, 7) is 4.07. The molecule has 0 spiro atoms. The summed E-state index contributed by atoms with van der Waals surface area (Å²) in [6.07, 6.45) is 0. The highest BCUT2D eigenvalue weighted by molar-refractivity contribution is 7.89. The summed E-state index contributed by atoms with van der Waals surface area (Å²) in [5, 5.41) is 5.49. The summed E-state index contributed by atoms with van der Waals surface area (Å²) in [5.74, 6) is -1.71. The number of benzene rings is 2. The van der Waals surface area contributed by atoms with E-state index < -0.39 is 27.9 Å². The maximum absolute atomic E-state index is 12.5. The van der Waals surface area contributed by atoms with Gasteiger partial charge in [0.25, 0.3) is 0 Å². The minimum absolute atomic E-state index is 0.119. The van der Waals surface area contributed by atoms with Crippen LogP contribution in [0.15, 0.2) is 47.4 Å². The highest BCUT2D eigenvalue weighted by Crippen LogP contribution is 2.19. The summed E-state index contributed by atoms with van der Waals surface area (Å²) < 4.78 is 35.8. The van der Waals surface area contributed by atoms with Crippen LogP contribution in [-0.4, -0.2) is 64.4 Å². The van der Waals surface area contributed by atoms with Crippen LogP contribution in [0.3, 0.4) is 0 Å². The van der Waals surface area contributed by atoms with E-state index in [2.05, 4.69) is 20.1 Å². The van der Waals surface area contributed by atoms with Gasteiger partial charge in [0.15, 0.2) is 0 Å². The Kier molecular flexibility index (Phi) is 8.94. The standard InChI is InChI=1S/C22H27N3O7S/c1-5-25(6-2)33(29,30)19-9-7-17(8-10-19)24-20(26)14-23-18-12-15(21(27)31-3)11-16(13-18)22(28)32-4/h7-13,23H,5-6,14H2,1-4H3,(H,24,26). The maximum atomic E-state index is 12.5. The third-order valence-corrected chi connectivity index (χ3v) is 6.77. The van der Waals surface area contributed by atoms with Gasteiger partial charge in [0.05, 0.1) is 36.8 Å². The van der Waals surface area contributed by atoms with Gasteiger partial charge in [0.1, 0.15) is 0 Å². The normalized spacial score (nSPS) is 11.1. The smallest absolute Gasteiger partial charge is 0.337 e. The lowest BCUT2D eigenvalue weighted by atomic mass is 10.1. The number of nitrogens with one attached hydrogen (secondary N) is 2. The molecule has 0 heterocycles. The zero-order valence-electron chi connectivity index (χ0n) is 18.9. The minimum Gasteiger partial charge on any atom is -0.465 e. The molecule has 0 aromatic heterocycles. The zero-order chi connectivity index (χ0) is 24.6. The first-order chi connectivity index (χ1) is 15.7. The molecule has 0 aliphatic carbocycles. The van der Waals surface area contributed by atoms with Crippen molar-refractivity contribution in [2.75, 3.05) is 44.5 Å². The van der Waals surface area contributed by atoms with E-state index in [0.717, 1.165) is 0 Å². The molecule has 2 aromatic carbocycles. The first-order valence-corrected chi connectivity index (χ1v) is 11.6. The topological polar surface area (TPSA) is 131 Å².